The van der Waals surface area contributed by atoms with Crippen molar-refractivity contribution in [1.29, 1.82) is 0 Å². The number of ether oxygens (including phenoxy) is 2. The van der Waals surface area contributed by atoms with Crippen LogP contribution in [0.5, 0.6) is 5.75 Å². The van der Waals surface area contributed by atoms with Crippen LogP contribution in [0.4, 0.5) is 5.69 Å². The Bertz CT molecular complexity index is 740. The second-order valence-electron chi connectivity index (χ2n) is 6.04. The highest BCUT2D eigenvalue weighted by atomic mass is 16.5. The van der Waals surface area contributed by atoms with Crippen LogP contribution in [0.3, 0.4) is 0 Å². The van der Waals surface area contributed by atoms with Gasteiger partial charge >= 0.3 is 0 Å². The zero-order valence-corrected chi connectivity index (χ0v) is 14.7. The number of amides is 2. The molecule has 136 valence electrons. The molecule has 26 heavy (non-hydrogen) atoms. The molecular formula is C20H22N2O4. The minimum absolute atomic E-state index is 0.0213. The van der Waals surface area contributed by atoms with Gasteiger partial charge in [-0.2, -0.15) is 0 Å². The molecule has 1 aliphatic rings. The lowest BCUT2D eigenvalue weighted by atomic mass is 10.1. The second-order valence-corrected chi connectivity index (χ2v) is 6.04. The predicted octanol–water partition coefficient (Wildman–Crippen LogP) is 2.57. The van der Waals surface area contributed by atoms with Crippen molar-refractivity contribution in [2.75, 3.05) is 31.6 Å². The summed E-state index contributed by atoms with van der Waals surface area (Å²) in [5.41, 5.74) is 1.22. The average molecular weight is 354 g/mol. The van der Waals surface area contributed by atoms with E-state index in [1.165, 1.54) is 0 Å². The van der Waals surface area contributed by atoms with E-state index in [1.807, 2.05) is 18.2 Å². The van der Waals surface area contributed by atoms with E-state index in [-0.39, 0.29) is 11.8 Å². The van der Waals surface area contributed by atoms with Crippen molar-refractivity contribution in [2.45, 2.75) is 13.0 Å². The summed E-state index contributed by atoms with van der Waals surface area (Å²) in [6.45, 7) is 4.04. The van der Waals surface area contributed by atoms with Gasteiger partial charge in [0.2, 0.25) is 0 Å². The maximum Gasteiger partial charge on any atom is 0.265 e. The Balaban J connectivity index is 1.56. The van der Waals surface area contributed by atoms with Crippen LogP contribution in [-0.2, 0) is 9.53 Å². The molecule has 2 aromatic rings. The van der Waals surface area contributed by atoms with E-state index in [4.69, 9.17) is 9.47 Å². The molecule has 6 nitrogen and oxygen atoms in total. The summed E-state index contributed by atoms with van der Waals surface area (Å²) in [7, 11) is 0. The van der Waals surface area contributed by atoms with Gasteiger partial charge in [-0.15, -0.1) is 0 Å². The van der Waals surface area contributed by atoms with Crippen molar-refractivity contribution in [3.05, 3.63) is 60.2 Å². The molecule has 0 bridgehead atoms. The molecule has 3 rings (SSSR count). The molecule has 1 heterocycles. The third-order valence-corrected chi connectivity index (χ3v) is 4.12. The minimum atomic E-state index is -0.632. The first-order chi connectivity index (χ1) is 12.6. The van der Waals surface area contributed by atoms with Crippen molar-refractivity contribution in [3.8, 4) is 5.75 Å². The predicted molar refractivity (Wildman–Crippen MR) is 98.3 cm³/mol. The molecule has 1 aliphatic heterocycles. The fourth-order valence-corrected chi connectivity index (χ4v) is 2.65. The lowest BCUT2D eigenvalue weighted by molar-refractivity contribution is -0.122. The molecule has 2 amide bonds. The molecule has 1 atom stereocenters. The SMILES string of the molecule is CC(Oc1ccccc1)C(=O)Nc1ccc(C(=O)N2CCOCC2)cc1. The molecule has 1 unspecified atom stereocenters. The maximum atomic E-state index is 12.4. The number of carbonyl (C=O) groups is 2. The highest BCUT2D eigenvalue weighted by Gasteiger charge is 2.19. The summed E-state index contributed by atoms with van der Waals surface area (Å²) in [6.07, 6.45) is -0.632. The van der Waals surface area contributed by atoms with Crippen molar-refractivity contribution >= 4 is 17.5 Å². The number of rotatable bonds is 5. The van der Waals surface area contributed by atoms with Crippen LogP contribution in [0.1, 0.15) is 17.3 Å². The summed E-state index contributed by atoms with van der Waals surface area (Å²) >= 11 is 0. The zero-order valence-electron chi connectivity index (χ0n) is 14.7. The number of anilines is 1. The van der Waals surface area contributed by atoms with Crippen molar-refractivity contribution in [1.82, 2.24) is 4.90 Å². The van der Waals surface area contributed by atoms with Crippen LogP contribution < -0.4 is 10.1 Å². The Morgan fingerprint density at radius 1 is 1.04 bits per heavy atom. The molecule has 0 radical (unpaired) electrons. The number of morpholine rings is 1. The van der Waals surface area contributed by atoms with Crippen molar-refractivity contribution in [2.24, 2.45) is 0 Å². The number of nitrogens with one attached hydrogen (secondary N) is 1. The van der Waals surface area contributed by atoms with Crippen LogP contribution in [0.15, 0.2) is 54.6 Å². The first-order valence-electron chi connectivity index (χ1n) is 8.63. The standard InChI is InChI=1S/C20H22N2O4/c1-15(26-18-5-3-2-4-6-18)19(23)21-17-9-7-16(8-10-17)20(24)22-11-13-25-14-12-22/h2-10,15H,11-14H2,1H3,(H,21,23). The molecular weight excluding hydrogens is 332 g/mol. The lowest BCUT2D eigenvalue weighted by Crippen LogP contribution is -2.40. The van der Waals surface area contributed by atoms with Crippen LogP contribution >= 0.6 is 0 Å². The Hall–Kier alpha value is -2.86. The molecule has 0 spiro atoms. The van der Waals surface area contributed by atoms with Gasteiger partial charge in [0.25, 0.3) is 11.8 Å². The second kappa shape index (κ2) is 8.49. The highest BCUT2D eigenvalue weighted by molar-refractivity contribution is 5.96. The van der Waals surface area contributed by atoms with Crippen LogP contribution in [0, 0.1) is 0 Å². The van der Waals surface area contributed by atoms with Crippen LogP contribution in [0.25, 0.3) is 0 Å². The normalized spacial score (nSPS) is 15.2. The largest absolute Gasteiger partial charge is 0.481 e. The van der Waals surface area contributed by atoms with Crippen molar-refractivity contribution < 1.29 is 19.1 Å². The first kappa shape index (κ1) is 17.9. The molecule has 0 saturated carbocycles. The quantitative estimate of drug-likeness (QED) is 0.896. The number of nitrogens with zero attached hydrogens (tertiary/aromatic N) is 1. The van der Waals surface area contributed by atoms with Crippen molar-refractivity contribution in [3.63, 3.8) is 0 Å². The van der Waals surface area contributed by atoms with Gasteiger partial charge in [0.15, 0.2) is 6.10 Å². The number of hydrogen-bond donors (Lipinski definition) is 1. The first-order valence-corrected chi connectivity index (χ1v) is 8.63. The highest BCUT2D eigenvalue weighted by Crippen LogP contribution is 2.15. The van der Waals surface area contributed by atoms with Gasteiger partial charge in [0, 0.05) is 24.3 Å². The molecule has 0 aromatic heterocycles. The fourth-order valence-electron chi connectivity index (χ4n) is 2.65. The average Bonchev–Trinajstić information content (AvgIpc) is 2.69. The summed E-state index contributed by atoms with van der Waals surface area (Å²) < 4.78 is 10.9. The number of carbonyl (C=O) groups excluding carboxylic acids is 2. The summed E-state index contributed by atoms with van der Waals surface area (Å²) in [5.74, 6) is 0.370. The van der Waals surface area contributed by atoms with Crippen LogP contribution in [-0.4, -0.2) is 49.1 Å². The van der Waals surface area contributed by atoms with E-state index in [9.17, 15) is 9.59 Å². The molecule has 2 aromatic carbocycles. The number of para-hydroxylation sites is 1. The third-order valence-electron chi connectivity index (χ3n) is 4.12. The molecule has 1 fully saturated rings. The van der Waals surface area contributed by atoms with Gasteiger partial charge in [0.05, 0.1) is 13.2 Å². The van der Waals surface area contributed by atoms with E-state index in [1.54, 1.807) is 48.2 Å². The number of benzene rings is 2. The van der Waals surface area contributed by atoms with E-state index in [0.29, 0.717) is 43.3 Å². The van der Waals surface area contributed by atoms with Gasteiger partial charge in [-0.1, -0.05) is 18.2 Å². The van der Waals surface area contributed by atoms with Gasteiger partial charge in [-0.05, 0) is 43.3 Å². The minimum Gasteiger partial charge on any atom is -0.481 e. The van der Waals surface area contributed by atoms with Gasteiger partial charge in [-0.3, -0.25) is 9.59 Å². The van der Waals surface area contributed by atoms with Gasteiger partial charge < -0.3 is 19.7 Å². The van der Waals surface area contributed by atoms with E-state index in [0.717, 1.165) is 0 Å². The summed E-state index contributed by atoms with van der Waals surface area (Å²) in [6, 6.07) is 16.1. The summed E-state index contributed by atoms with van der Waals surface area (Å²) in [4.78, 5) is 26.4. The Kier molecular flexibility index (Phi) is 5.86. The molecule has 1 saturated heterocycles. The van der Waals surface area contributed by atoms with E-state index in [2.05, 4.69) is 5.32 Å². The zero-order chi connectivity index (χ0) is 18.4. The molecule has 1 N–H and O–H groups in total. The third kappa shape index (κ3) is 4.61. The fraction of sp³-hybridized carbons (Fsp3) is 0.300. The Labute approximate surface area is 152 Å². The lowest BCUT2D eigenvalue weighted by Gasteiger charge is -2.26. The van der Waals surface area contributed by atoms with Crippen LogP contribution in [0.2, 0.25) is 0 Å². The molecule has 6 heteroatoms. The maximum absolute atomic E-state index is 12.4. The van der Waals surface area contributed by atoms with E-state index < -0.39 is 6.10 Å². The summed E-state index contributed by atoms with van der Waals surface area (Å²) in [5, 5.41) is 2.80. The monoisotopic (exact) mass is 354 g/mol. The number of hydrogen-bond acceptors (Lipinski definition) is 4. The Morgan fingerprint density at radius 3 is 2.35 bits per heavy atom. The molecule has 0 aliphatic carbocycles. The topological polar surface area (TPSA) is 67.9 Å². The smallest absolute Gasteiger partial charge is 0.265 e. The van der Waals surface area contributed by atoms with Gasteiger partial charge in [0.1, 0.15) is 5.75 Å². The van der Waals surface area contributed by atoms with Gasteiger partial charge in [-0.25, -0.2) is 0 Å². The Morgan fingerprint density at radius 2 is 1.69 bits per heavy atom. The van der Waals surface area contributed by atoms with E-state index >= 15 is 0 Å².